The van der Waals surface area contributed by atoms with Crippen LogP contribution in [0.3, 0.4) is 0 Å². The first-order valence-corrected chi connectivity index (χ1v) is 7.04. The summed E-state index contributed by atoms with van der Waals surface area (Å²) in [5.74, 6) is 0.0713. The molecule has 1 amide bonds. The van der Waals surface area contributed by atoms with Crippen LogP contribution in [0.25, 0.3) is 0 Å². The molecule has 0 bridgehead atoms. The van der Waals surface area contributed by atoms with Gasteiger partial charge in [-0.1, -0.05) is 19.8 Å². The summed E-state index contributed by atoms with van der Waals surface area (Å²) in [5, 5.41) is 11.7. The molecule has 5 nitrogen and oxygen atoms in total. The molecule has 1 aliphatic carbocycles. The summed E-state index contributed by atoms with van der Waals surface area (Å²) in [5.41, 5.74) is 0.349. The molecule has 1 heterocycles. The highest BCUT2D eigenvalue weighted by Gasteiger charge is 2.19. The monoisotopic (exact) mass is 276 g/mol. The van der Waals surface area contributed by atoms with Gasteiger partial charge < -0.3 is 10.4 Å². The van der Waals surface area contributed by atoms with Crippen LogP contribution in [0.2, 0.25) is 0 Å². The second-order valence-electron chi connectivity index (χ2n) is 5.57. The molecule has 5 heteroatoms. The van der Waals surface area contributed by atoms with Crippen molar-refractivity contribution in [3.05, 3.63) is 29.6 Å². The van der Waals surface area contributed by atoms with Gasteiger partial charge in [0.2, 0.25) is 0 Å². The molecule has 1 aromatic rings. The molecule has 1 saturated carbocycles. The van der Waals surface area contributed by atoms with Crippen LogP contribution >= 0.6 is 0 Å². The van der Waals surface area contributed by atoms with Crippen LogP contribution in [0, 0.1) is 11.8 Å². The third-order valence-corrected chi connectivity index (χ3v) is 3.93. The van der Waals surface area contributed by atoms with Crippen LogP contribution in [0.4, 0.5) is 0 Å². The number of carboxylic acid groups (broad SMARTS) is 1. The number of hydrogen-bond acceptors (Lipinski definition) is 3. The smallest absolute Gasteiger partial charge is 0.337 e. The van der Waals surface area contributed by atoms with Crippen molar-refractivity contribution in [1.29, 1.82) is 0 Å². The molecule has 1 fully saturated rings. The van der Waals surface area contributed by atoms with Crippen molar-refractivity contribution >= 4 is 11.9 Å². The van der Waals surface area contributed by atoms with Gasteiger partial charge in [0, 0.05) is 12.7 Å². The molecule has 0 aromatic carbocycles. The van der Waals surface area contributed by atoms with Crippen molar-refractivity contribution < 1.29 is 14.7 Å². The van der Waals surface area contributed by atoms with Gasteiger partial charge in [-0.2, -0.15) is 0 Å². The number of amides is 1. The van der Waals surface area contributed by atoms with E-state index < -0.39 is 5.97 Å². The standard InChI is InChI=1S/C15H20N2O3/c1-10-2-4-11(5-3-10)8-17-14(18)13-7-6-12(9-16-13)15(19)20/h6-7,9-11H,2-5,8H2,1H3,(H,17,18)(H,19,20). The molecule has 0 aliphatic heterocycles. The van der Waals surface area contributed by atoms with Crippen LogP contribution in [0.15, 0.2) is 18.3 Å². The Morgan fingerprint density at radius 1 is 1.30 bits per heavy atom. The lowest BCUT2D eigenvalue weighted by Gasteiger charge is -2.26. The molecule has 0 atom stereocenters. The van der Waals surface area contributed by atoms with E-state index in [1.807, 2.05) is 0 Å². The number of rotatable bonds is 4. The molecular formula is C15H20N2O3. The fraction of sp³-hybridized carbons (Fsp3) is 0.533. The lowest BCUT2D eigenvalue weighted by Crippen LogP contribution is -2.31. The Labute approximate surface area is 118 Å². The highest BCUT2D eigenvalue weighted by atomic mass is 16.4. The fourth-order valence-electron chi connectivity index (χ4n) is 2.52. The lowest BCUT2D eigenvalue weighted by atomic mass is 9.83. The minimum Gasteiger partial charge on any atom is -0.478 e. The first kappa shape index (κ1) is 14.5. The maximum Gasteiger partial charge on any atom is 0.337 e. The van der Waals surface area contributed by atoms with E-state index in [1.54, 1.807) is 0 Å². The average molecular weight is 276 g/mol. The van der Waals surface area contributed by atoms with Crippen molar-refractivity contribution in [2.45, 2.75) is 32.6 Å². The largest absolute Gasteiger partial charge is 0.478 e. The molecule has 1 aromatic heterocycles. The normalized spacial score (nSPS) is 22.2. The van der Waals surface area contributed by atoms with Crippen LogP contribution in [-0.2, 0) is 0 Å². The van der Waals surface area contributed by atoms with E-state index in [2.05, 4.69) is 17.2 Å². The number of aromatic carboxylic acids is 1. The van der Waals surface area contributed by atoms with Gasteiger partial charge in [0.15, 0.2) is 0 Å². The third kappa shape index (κ3) is 3.79. The van der Waals surface area contributed by atoms with Crippen LogP contribution in [0.1, 0.15) is 53.5 Å². The van der Waals surface area contributed by atoms with Crippen LogP contribution in [0.5, 0.6) is 0 Å². The lowest BCUT2D eigenvalue weighted by molar-refractivity contribution is 0.0695. The molecule has 0 unspecified atom stereocenters. The topological polar surface area (TPSA) is 79.3 Å². The van der Waals surface area contributed by atoms with E-state index in [9.17, 15) is 9.59 Å². The Balaban J connectivity index is 1.84. The summed E-state index contributed by atoms with van der Waals surface area (Å²) in [4.78, 5) is 26.5. The number of hydrogen-bond donors (Lipinski definition) is 2. The van der Waals surface area contributed by atoms with Crippen molar-refractivity contribution in [1.82, 2.24) is 10.3 Å². The van der Waals surface area contributed by atoms with E-state index in [1.165, 1.54) is 31.2 Å². The second-order valence-corrected chi connectivity index (χ2v) is 5.57. The zero-order valence-corrected chi connectivity index (χ0v) is 11.6. The van der Waals surface area contributed by atoms with E-state index in [0.29, 0.717) is 12.5 Å². The molecule has 0 saturated heterocycles. The summed E-state index contributed by atoms with van der Waals surface area (Å²) >= 11 is 0. The molecule has 0 spiro atoms. The van der Waals surface area contributed by atoms with Crippen molar-refractivity contribution in [2.75, 3.05) is 6.54 Å². The second kappa shape index (κ2) is 6.50. The third-order valence-electron chi connectivity index (χ3n) is 3.93. The van der Waals surface area contributed by atoms with E-state index in [4.69, 9.17) is 5.11 Å². The first-order chi connectivity index (χ1) is 9.56. The molecular weight excluding hydrogens is 256 g/mol. The van der Waals surface area contributed by atoms with Gasteiger partial charge in [-0.25, -0.2) is 4.79 Å². The van der Waals surface area contributed by atoms with Gasteiger partial charge >= 0.3 is 5.97 Å². The number of carboxylic acids is 1. The van der Waals surface area contributed by atoms with Gasteiger partial charge in [-0.05, 0) is 36.8 Å². The van der Waals surface area contributed by atoms with E-state index >= 15 is 0 Å². The number of nitrogens with one attached hydrogen (secondary N) is 1. The zero-order valence-electron chi connectivity index (χ0n) is 11.6. The van der Waals surface area contributed by atoms with E-state index in [-0.39, 0.29) is 17.2 Å². The summed E-state index contributed by atoms with van der Waals surface area (Å²) in [6.07, 6.45) is 5.98. The van der Waals surface area contributed by atoms with Crippen molar-refractivity contribution in [3.8, 4) is 0 Å². The SMILES string of the molecule is CC1CCC(CNC(=O)c2ccc(C(=O)O)cn2)CC1. The predicted molar refractivity (Wildman–Crippen MR) is 74.7 cm³/mol. The average Bonchev–Trinajstić information content (AvgIpc) is 2.46. The minimum absolute atomic E-state index is 0.0859. The number of nitrogens with zero attached hydrogens (tertiary/aromatic N) is 1. The van der Waals surface area contributed by atoms with E-state index in [0.717, 1.165) is 18.8 Å². The van der Waals surface area contributed by atoms with Crippen molar-refractivity contribution in [2.24, 2.45) is 11.8 Å². The highest BCUT2D eigenvalue weighted by Crippen LogP contribution is 2.27. The summed E-state index contributed by atoms with van der Waals surface area (Å²) < 4.78 is 0. The Bertz CT molecular complexity index is 476. The number of carbonyl (C=O) groups excluding carboxylic acids is 1. The highest BCUT2D eigenvalue weighted by molar-refractivity contribution is 5.93. The fourth-order valence-corrected chi connectivity index (χ4v) is 2.52. The Hall–Kier alpha value is -1.91. The van der Waals surface area contributed by atoms with Crippen LogP contribution in [-0.4, -0.2) is 28.5 Å². The summed E-state index contributed by atoms with van der Waals surface area (Å²) in [6, 6.07) is 2.84. The summed E-state index contributed by atoms with van der Waals surface area (Å²) in [7, 11) is 0. The van der Waals surface area contributed by atoms with Gasteiger partial charge in [0.05, 0.1) is 5.56 Å². The maximum absolute atomic E-state index is 11.9. The van der Waals surface area contributed by atoms with Crippen LogP contribution < -0.4 is 5.32 Å². The van der Waals surface area contributed by atoms with Gasteiger partial charge in [-0.15, -0.1) is 0 Å². The zero-order chi connectivity index (χ0) is 14.5. The minimum atomic E-state index is -1.04. The quantitative estimate of drug-likeness (QED) is 0.884. The molecule has 2 rings (SSSR count). The summed E-state index contributed by atoms with van der Waals surface area (Å²) in [6.45, 7) is 2.94. The molecule has 108 valence electrons. The molecule has 2 N–H and O–H groups in total. The number of carbonyl (C=O) groups is 2. The number of pyridine rings is 1. The van der Waals surface area contributed by atoms with Gasteiger partial charge in [-0.3, -0.25) is 9.78 Å². The maximum atomic E-state index is 11.9. The van der Waals surface area contributed by atoms with Gasteiger partial charge in [0.25, 0.3) is 5.91 Å². The first-order valence-electron chi connectivity index (χ1n) is 7.04. The Morgan fingerprint density at radius 3 is 2.55 bits per heavy atom. The molecule has 0 radical (unpaired) electrons. The van der Waals surface area contributed by atoms with Gasteiger partial charge in [0.1, 0.15) is 5.69 Å². The molecule has 20 heavy (non-hydrogen) atoms. The molecule has 1 aliphatic rings. The van der Waals surface area contributed by atoms with Crippen molar-refractivity contribution in [3.63, 3.8) is 0 Å². The predicted octanol–water partition coefficient (Wildman–Crippen LogP) is 2.34. The Morgan fingerprint density at radius 2 is 2.00 bits per heavy atom. The number of aromatic nitrogens is 1. The Kier molecular flexibility index (Phi) is 4.71.